The van der Waals surface area contributed by atoms with Crippen LogP contribution in [0.25, 0.3) is 10.8 Å². The van der Waals surface area contributed by atoms with Crippen molar-refractivity contribution in [3.8, 4) is 0 Å². The van der Waals surface area contributed by atoms with Crippen LogP contribution in [-0.4, -0.2) is 13.0 Å². The Morgan fingerprint density at radius 1 is 0.909 bits per heavy atom. The van der Waals surface area contributed by atoms with Gasteiger partial charge in [-0.15, -0.1) is 0 Å². The van der Waals surface area contributed by atoms with Crippen LogP contribution in [0.15, 0.2) is 66.7 Å². The number of benzene rings is 3. The lowest BCUT2D eigenvalue weighted by Crippen LogP contribution is -2.33. The molecule has 0 radical (unpaired) electrons. The van der Waals surface area contributed by atoms with E-state index in [1.807, 2.05) is 25.2 Å². The SMILES string of the molecule is CN1C(=O)CC(c2ccccc2)c2c1ccc1ccccc21. The Morgan fingerprint density at radius 3 is 2.45 bits per heavy atom. The third kappa shape index (κ3) is 1.92. The van der Waals surface area contributed by atoms with Crippen LogP contribution in [0.4, 0.5) is 5.69 Å². The van der Waals surface area contributed by atoms with Crippen molar-refractivity contribution in [2.45, 2.75) is 12.3 Å². The summed E-state index contributed by atoms with van der Waals surface area (Å²) in [6, 6.07) is 22.9. The Balaban J connectivity index is 2.03. The van der Waals surface area contributed by atoms with E-state index >= 15 is 0 Å². The summed E-state index contributed by atoms with van der Waals surface area (Å²) < 4.78 is 0. The average Bonchev–Trinajstić information content (AvgIpc) is 2.58. The fraction of sp³-hybridized carbons (Fsp3) is 0.150. The first-order chi connectivity index (χ1) is 10.8. The van der Waals surface area contributed by atoms with Crippen LogP contribution in [0.3, 0.4) is 0 Å². The molecule has 3 aromatic rings. The second kappa shape index (κ2) is 4.99. The van der Waals surface area contributed by atoms with E-state index in [-0.39, 0.29) is 11.8 Å². The van der Waals surface area contributed by atoms with E-state index in [1.54, 1.807) is 4.90 Å². The number of hydrogen-bond acceptors (Lipinski definition) is 1. The lowest BCUT2D eigenvalue weighted by atomic mass is 9.81. The molecule has 1 unspecified atom stereocenters. The van der Waals surface area contributed by atoms with Crippen LogP contribution in [-0.2, 0) is 4.79 Å². The van der Waals surface area contributed by atoms with Crippen molar-refractivity contribution in [1.82, 2.24) is 0 Å². The standard InChI is InChI=1S/C20H17NO/c1-21-18-12-11-15-9-5-6-10-16(15)20(18)17(13-19(21)22)14-7-3-2-4-8-14/h2-12,17H,13H2,1H3. The predicted molar refractivity (Wildman–Crippen MR) is 90.3 cm³/mol. The summed E-state index contributed by atoms with van der Waals surface area (Å²) in [5, 5.41) is 2.47. The fourth-order valence-electron chi connectivity index (χ4n) is 3.46. The summed E-state index contributed by atoms with van der Waals surface area (Å²) >= 11 is 0. The zero-order chi connectivity index (χ0) is 15.1. The van der Waals surface area contributed by atoms with Crippen molar-refractivity contribution in [2.24, 2.45) is 0 Å². The van der Waals surface area contributed by atoms with Crippen LogP contribution >= 0.6 is 0 Å². The van der Waals surface area contributed by atoms with Gasteiger partial charge in [0.05, 0.1) is 0 Å². The van der Waals surface area contributed by atoms with Crippen molar-refractivity contribution >= 4 is 22.4 Å². The Bertz CT molecular complexity index is 854. The molecule has 0 saturated carbocycles. The van der Waals surface area contributed by atoms with Crippen molar-refractivity contribution < 1.29 is 4.79 Å². The zero-order valence-electron chi connectivity index (χ0n) is 12.5. The summed E-state index contributed by atoms with van der Waals surface area (Å²) in [4.78, 5) is 14.2. The number of rotatable bonds is 1. The van der Waals surface area contributed by atoms with Crippen LogP contribution in [0, 0.1) is 0 Å². The molecule has 0 spiro atoms. The van der Waals surface area contributed by atoms with Gasteiger partial charge in [0.15, 0.2) is 0 Å². The topological polar surface area (TPSA) is 20.3 Å². The first kappa shape index (κ1) is 13.1. The van der Waals surface area contributed by atoms with Crippen molar-refractivity contribution in [1.29, 1.82) is 0 Å². The molecular weight excluding hydrogens is 270 g/mol. The lowest BCUT2D eigenvalue weighted by Gasteiger charge is -2.33. The van der Waals surface area contributed by atoms with Crippen LogP contribution in [0.2, 0.25) is 0 Å². The average molecular weight is 287 g/mol. The molecule has 2 heteroatoms. The van der Waals surface area contributed by atoms with Gasteiger partial charge in [0.1, 0.15) is 0 Å². The van der Waals surface area contributed by atoms with E-state index in [2.05, 4.69) is 48.5 Å². The van der Waals surface area contributed by atoms with Gasteiger partial charge in [-0.1, -0.05) is 60.7 Å². The van der Waals surface area contributed by atoms with E-state index in [1.165, 1.54) is 21.9 Å². The number of carbonyl (C=O) groups is 1. The number of hydrogen-bond donors (Lipinski definition) is 0. The van der Waals surface area contributed by atoms with Crippen molar-refractivity contribution in [2.75, 3.05) is 11.9 Å². The highest BCUT2D eigenvalue weighted by molar-refractivity contribution is 6.02. The minimum absolute atomic E-state index is 0.131. The summed E-state index contributed by atoms with van der Waals surface area (Å²) in [7, 11) is 1.87. The van der Waals surface area contributed by atoms with Gasteiger partial charge in [0.2, 0.25) is 5.91 Å². The molecular formula is C20H17NO. The third-order valence-electron chi connectivity index (χ3n) is 4.61. The lowest BCUT2D eigenvalue weighted by molar-refractivity contribution is -0.118. The number of anilines is 1. The molecule has 0 bridgehead atoms. The molecule has 22 heavy (non-hydrogen) atoms. The molecule has 1 aliphatic rings. The summed E-state index contributed by atoms with van der Waals surface area (Å²) in [5.74, 6) is 0.308. The van der Waals surface area contributed by atoms with Gasteiger partial charge in [-0.3, -0.25) is 4.79 Å². The molecule has 1 heterocycles. The van der Waals surface area contributed by atoms with Crippen LogP contribution in [0.1, 0.15) is 23.5 Å². The maximum absolute atomic E-state index is 12.4. The Labute approximate surface area is 130 Å². The molecule has 1 aliphatic heterocycles. The predicted octanol–water partition coefficient (Wildman–Crippen LogP) is 4.34. The molecule has 0 fully saturated rings. The van der Waals surface area contributed by atoms with Gasteiger partial charge in [0.25, 0.3) is 0 Å². The number of fused-ring (bicyclic) bond motifs is 3. The highest BCUT2D eigenvalue weighted by Gasteiger charge is 2.31. The monoisotopic (exact) mass is 287 g/mol. The van der Waals surface area contributed by atoms with E-state index in [0.29, 0.717) is 6.42 Å². The normalized spacial score (nSPS) is 17.6. The molecule has 3 aromatic carbocycles. The maximum atomic E-state index is 12.4. The molecule has 1 amide bonds. The maximum Gasteiger partial charge on any atom is 0.227 e. The van der Waals surface area contributed by atoms with Gasteiger partial charge >= 0.3 is 0 Å². The molecule has 0 aliphatic carbocycles. The second-order valence-corrected chi connectivity index (χ2v) is 5.84. The highest BCUT2D eigenvalue weighted by atomic mass is 16.2. The molecule has 0 N–H and O–H groups in total. The van der Waals surface area contributed by atoms with E-state index < -0.39 is 0 Å². The zero-order valence-corrected chi connectivity index (χ0v) is 12.5. The number of carbonyl (C=O) groups excluding carboxylic acids is 1. The number of amides is 1. The summed E-state index contributed by atoms with van der Waals surface area (Å²) in [5.41, 5.74) is 3.51. The largest absolute Gasteiger partial charge is 0.315 e. The van der Waals surface area contributed by atoms with Crippen molar-refractivity contribution in [3.63, 3.8) is 0 Å². The molecule has 0 aromatic heterocycles. The molecule has 0 saturated heterocycles. The first-order valence-corrected chi connectivity index (χ1v) is 7.59. The van der Waals surface area contributed by atoms with Gasteiger partial charge in [-0.25, -0.2) is 0 Å². The summed E-state index contributed by atoms with van der Waals surface area (Å²) in [6.45, 7) is 0. The highest BCUT2D eigenvalue weighted by Crippen LogP contribution is 2.43. The minimum atomic E-state index is 0.131. The van der Waals surface area contributed by atoms with Crippen molar-refractivity contribution in [3.05, 3.63) is 77.9 Å². The Kier molecular flexibility index (Phi) is 2.97. The van der Waals surface area contributed by atoms with Crippen LogP contribution in [0.5, 0.6) is 0 Å². The molecule has 1 atom stereocenters. The Hall–Kier alpha value is -2.61. The number of nitrogens with zero attached hydrogens (tertiary/aromatic N) is 1. The molecule has 108 valence electrons. The quantitative estimate of drug-likeness (QED) is 0.652. The van der Waals surface area contributed by atoms with E-state index in [4.69, 9.17) is 0 Å². The first-order valence-electron chi connectivity index (χ1n) is 7.59. The second-order valence-electron chi connectivity index (χ2n) is 5.84. The van der Waals surface area contributed by atoms with Gasteiger partial charge < -0.3 is 4.90 Å². The van der Waals surface area contributed by atoms with Gasteiger partial charge in [-0.05, 0) is 28.0 Å². The van der Waals surface area contributed by atoms with Gasteiger partial charge in [0, 0.05) is 25.1 Å². The molecule has 4 rings (SSSR count). The fourth-order valence-corrected chi connectivity index (χ4v) is 3.46. The minimum Gasteiger partial charge on any atom is -0.315 e. The summed E-state index contributed by atoms with van der Waals surface area (Å²) in [6.07, 6.45) is 0.529. The van der Waals surface area contributed by atoms with Gasteiger partial charge in [-0.2, -0.15) is 0 Å². The van der Waals surface area contributed by atoms with Crippen LogP contribution < -0.4 is 4.90 Å². The third-order valence-corrected chi connectivity index (χ3v) is 4.61. The van der Waals surface area contributed by atoms with E-state index in [0.717, 1.165) is 5.69 Å². The van der Waals surface area contributed by atoms with E-state index in [9.17, 15) is 4.79 Å². The Morgan fingerprint density at radius 2 is 1.64 bits per heavy atom. The smallest absolute Gasteiger partial charge is 0.227 e. The molecule has 2 nitrogen and oxygen atoms in total.